The van der Waals surface area contributed by atoms with Gasteiger partial charge in [-0.25, -0.2) is 0 Å². The summed E-state index contributed by atoms with van der Waals surface area (Å²) in [7, 11) is 0. The molecular formula is C12H15NS3. The molecule has 4 heteroatoms. The molecule has 16 heavy (non-hydrogen) atoms. The van der Waals surface area contributed by atoms with Crippen molar-refractivity contribution in [2.24, 2.45) is 0 Å². The average molecular weight is 269 g/mol. The Kier molecular flexibility index (Phi) is 4.55. The van der Waals surface area contributed by atoms with Crippen molar-refractivity contribution in [3.63, 3.8) is 0 Å². The zero-order chi connectivity index (χ0) is 11.4. The smallest absolute Gasteiger partial charge is 0.137 e. The molecule has 1 unspecified atom stereocenters. The molecule has 86 valence electrons. The van der Waals surface area contributed by atoms with E-state index in [0.717, 1.165) is 23.0 Å². The monoisotopic (exact) mass is 269 g/mol. The van der Waals surface area contributed by atoms with Crippen LogP contribution in [-0.2, 0) is 0 Å². The third kappa shape index (κ3) is 2.93. The fraction of sp³-hybridized carbons (Fsp3) is 0.417. The largest absolute Gasteiger partial charge is 0.344 e. The summed E-state index contributed by atoms with van der Waals surface area (Å²) < 4.78 is 1.07. The van der Waals surface area contributed by atoms with Gasteiger partial charge in [0.05, 0.1) is 5.37 Å². The highest BCUT2D eigenvalue weighted by Gasteiger charge is 2.25. The van der Waals surface area contributed by atoms with E-state index < -0.39 is 0 Å². The van der Waals surface area contributed by atoms with E-state index in [1.165, 1.54) is 4.90 Å². The average Bonchev–Trinajstić information content (AvgIpc) is 2.74. The number of hydrogen-bond donors (Lipinski definition) is 0. The van der Waals surface area contributed by atoms with Crippen molar-refractivity contribution in [1.82, 2.24) is 4.90 Å². The van der Waals surface area contributed by atoms with Crippen molar-refractivity contribution in [2.45, 2.75) is 23.6 Å². The van der Waals surface area contributed by atoms with E-state index >= 15 is 0 Å². The molecular weight excluding hydrogens is 254 g/mol. The number of rotatable bonds is 4. The summed E-state index contributed by atoms with van der Waals surface area (Å²) in [5.74, 6) is 1.14. The molecule has 0 N–H and O–H groups in total. The predicted octanol–water partition coefficient (Wildman–Crippen LogP) is 3.85. The minimum Gasteiger partial charge on any atom is -0.344 e. The molecule has 1 aliphatic rings. The van der Waals surface area contributed by atoms with Gasteiger partial charge in [0.2, 0.25) is 0 Å². The van der Waals surface area contributed by atoms with Gasteiger partial charge in [-0.3, -0.25) is 0 Å². The maximum absolute atomic E-state index is 5.37. The van der Waals surface area contributed by atoms with Gasteiger partial charge in [-0.15, -0.1) is 11.8 Å². The van der Waals surface area contributed by atoms with Crippen LogP contribution in [0.3, 0.4) is 0 Å². The van der Waals surface area contributed by atoms with E-state index in [-0.39, 0.29) is 0 Å². The number of thiocarbonyl (C=S) groups is 1. The van der Waals surface area contributed by atoms with E-state index in [0.29, 0.717) is 5.37 Å². The van der Waals surface area contributed by atoms with Gasteiger partial charge >= 0.3 is 0 Å². The third-order valence-corrected chi connectivity index (χ3v) is 5.36. The van der Waals surface area contributed by atoms with Crippen LogP contribution in [0.25, 0.3) is 0 Å². The van der Waals surface area contributed by atoms with Crippen LogP contribution in [0.5, 0.6) is 0 Å². The van der Waals surface area contributed by atoms with Crippen molar-refractivity contribution >= 4 is 40.1 Å². The van der Waals surface area contributed by atoms with E-state index in [1.54, 1.807) is 11.8 Å². The summed E-state index contributed by atoms with van der Waals surface area (Å²) in [5.41, 5.74) is 0. The van der Waals surface area contributed by atoms with Crippen LogP contribution in [0.1, 0.15) is 13.3 Å². The quantitative estimate of drug-likeness (QED) is 0.603. The van der Waals surface area contributed by atoms with Gasteiger partial charge in [-0.1, -0.05) is 49.1 Å². The maximum Gasteiger partial charge on any atom is 0.137 e. The third-order valence-electron chi connectivity index (χ3n) is 2.50. The first-order valence-corrected chi connectivity index (χ1v) is 7.73. The number of thioether (sulfide) groups is 2. The lowest BCUT2D eigenvalue weighted by molar-refractivity contribution is 0.431. The van der Waals surface area contributed by atoms with Gasteiger partial charge in [0.1, 0.15) is 4.32 Å². The Morgan fingerprint density at radius 3 is 2.75 bits per heavy atom. The molecule has 1 aliphatic heterocycles. The van der Waals surface area contributed by atoms with Gasteiger partial charge in [0, 0.05) is 17.2 Å². The molecule has 2 rings (SSSR count). The lowest BCUT2D eigenvalue weighted by atomic mass is 10.4. The highest BCUT2D eigenvalue weighted by Crippen LogP contribution is 2.32. The molecule has 0 aromatic heterocycles. The molecule has 1 nitrogen and oxygen atoms in total. The van der Waals surface area contributed by atoms with Crippen LogP contribution in [0.15, 0.2) is 35.2 Å². The highest BCUT2D eigenvalue weighted by molar-refractivity contribution is 8.23. The SMILES string of the molecule is CCC(Sc1ccccc1)N1CCSC1=S. The van der Waals surface area contributed by atoms with E-state index in [4.69, 9.17) is 12.2 Å². The molecule has 0 aliphatic carbocycles. The van der Waals surface area contributed by atoms with Crippen LogP contribution in [0.4, 0.5) is 0 Å². The van der Waals surface area contributed by atoms with Gasteiger partial charge in [0.25, 0.3) is 0 Å². The molecule has 0 bridgehead atoms. The zero-order valence-corrected chi connectivity index (χ0v) is 11.7. The molecule has 0 amide bonds. The molecule has 1 aromatic rings. The van der Waals surface area contributed by atoms with Gasteiger partial charge in [0.15, 0.2) is 0 Å². The summed E-state index contributed by atoms with van der Waals surface area (Å²) in [6, 6.07) is 10.6. The van der Waals surface area contributed by atoms with Gasteiger partial charge < -0.3 is 4.90 Å². The molecule has 0 radical (unpaired) electrons. The minimum atomic E-state index is 0.491. The standard InChI is InChI=1S/C12H15NS3/c1-2-11(13-8-9-15-12(13)14)16-10-6-4-3-5-7-10/h3-7,11H,2,8-9H2,1H3. The van der Waals surface area contributed by atoms with Crippen molar-refractivity contribution in [1.29, 1.82) is 0 Å². The summed E-state index contributed by atoms with van der Waals surface area (Å²) in [5, 5.41) is 0.491. The highest BCUT2D eigenvalue weighted by atomic mass is 32.2. The van der Waals surface area contributed by atoms with Crippen LogP contribution in [0, 0.1) is 0 Å². The van der Waals surface area contributed by atoms with Crippen molar-refractivity contribution in [2.75, 3.05) is 12.3 Å². The maximum atomic E-state index is 5.37. The number of nitrogens with zero attached hydrogens (tertiary/aromatic N) is 1. The van der Waals surface area contributed by atoms with Crippen molar-refractivity contribution in [3.05, 3.63) is 30.3 Å². The lowest BCUT2D eigenvalue weighted by Gasteiger charge is -2.27. The first-order chi connectivity index (χ1) is 7.81. The van der Waals surface area contributed by atoms with Gasteiger partial charge in [-0.2, -0.15) is 0 Å². The molecule has 1 aromatic carbocycles. The van der Waals surface area contributed by atoms with Crippen LogP contribution < -0.4 is 0 Å². The minimum absolute atomic E-state index is 0.491. The van der Waals surface area contributed by atoms with E-state index in [1.807, 2.05) is 11.8 Å². The second-order valence-electron chi connectivity index (χ2n) is 3.60. The first-order valence-electron chi connectivity index (χ1n) is 5.46. The van der Waals surface area contributed by atoms with Crippen molar-refractivity contribution < 1.29 is 0 Å². The first kappa shape index (κ1) is 12.3. The topological polar surface area (TPSA) is 3.24 Å². The molecule has 1 fully saturated rings. The number of benzene rings is 1. The fourth-order valence-corrected chi connectivity index (χ4v) is 4.27. The fourth-order valence-electron chi connectivity index (χ4n) is 1.69. The Morgan fingerprint density at radius 1 is 1.44 bits per heavy atom. The second kappa shape index (κ2) is 5.94. The van der Waals surface area contributed by atoms with Crippen LogP contribution in [-0.4, -0.2) is 26.9 Å². The Labute approximate surface area is 111 Å². The second-order valence-corrected chi connectivity index (χ2v) is 6.58. The predicted molar refractivity (Wildman–Crippen MR) is 78.1 cm³/mol. The Bertz CT molecular complexity index is 353. The zero-order valence-electron chi connectivity index (χ0n) is 9.26. The van der Waals surface area contributed by atoms with Gasteiger partial charge in [-0.05, 0) is 18.6 Å². The van der Waals surface area contributed by atoms with Crippen molar-refractivity contribution in [3.8, 4) is 0 Å². The molecule has 1 heterocycles. The summed E-state index contributed by atoms with van der Waals surface area (Å²) in [6.45, 7) is 3.33. The normalized spacial score (nSPS) is 17.8. The van der Waals surface area contributed by atoms with Crippen LogP contribution >= 0.6 is 35.7 Å². The molecule has 1 atom stereocenters. The lowest BCUT2D eigenvalue weighted by Crippen LogP contribution is -2.32. The summed E-state index contributed by atoms with van der Waals surface area (Å²) in [4.78, 5) is 3.69. The molecule has 1 saturated heterocycles. The van der Waals surface area contributed by atoms with E-state index in [2.05, 4.69) is 42.2 Å². The Hall–Kier alpha value is -0.190. The van der Waals surface area contributed by atoms with Crippen LogP contribution in [0.2, 0.25) is 0 Å². The Balaban J connectivity index is 2.03. The summed E-state index contributed by atoms with van der Waals surface area (Å²) >= 11 is 9.09. The van der Waals surface area contributed by atoms with E-state index in [9.17, 15) is 0 Å². The number of hydrogen-bond acceptors (Lipinski definition) is 3. The summed E-state index contributed by atoms with van der Waals surface area (Å²) in [6.07, 6.45) is 1.13. The molecule has 0 spiro atoms. The Morgan fingerprint density at radius 2 is 2.19 bits per heavy atom. The molecule has 0 saturated carbocycles.